The van der Waals surface area contributed by atoms with Crippen LogP contribution in [-0.2, 0) is 17.7 Å². The van der Waals surface area contributed by atoms with Crippen LogP contribution in [0.2, 0.25) is 0 Å². The molecule has 8 nitrogen and oxygen atoms in total. The van der Waals surface area contributed by atoms with E-state index in [1.807, 2.05) is 12.1 Å². The first-order chi connectivity index (χ1) is 18.6. The molecule has 5 heterocycles. The molecule has 2 fully saturated rings. The Morgan fingerprint density at radius 3 is 2.89 bits per heavy atom. The van der Waals surface area contributed by atoms with Crippen molar-refractivity contribution in [2.45, 2.75) is 39.0 Å². The van der Waals surface area contributed by atoms with Crippen molar-refractivity contribution >= 4 is 22.4 Å². The Kier molecular flexibility index (Phi) is 7.16. The number of fused-ring (bicyclic) bond motifs is 2. The molecule has 0 amide bonds. The molecule has 2 aromatic heterocycles. The number of nitrogens with zero attached hydrogens (tertiary/aromatic N) is 6. The third-order valence-corrected chi connectivity index (χ3v) is 8.12. The van der Waals surface area contributed by atoms with Crippen LogP contribution in [0.1, 0.15) is 30.7 Å². The molecule has 198 valence electrons. The molecule has 2 unspecified atom stereocenters. The van der Waals surface area contributed by atoms with Crippen molar-refractivity contribution in [3.8, 4) is 6.07 Å². The summed E-state index contributed by atoms with van der Waals surface area (Å²) in [5.41, 5.74) is 5.14. The van der Waals surface area contributed by atoms with Crippen molar-refractivity contribution in [3.05, 3.63) is 59.4 Å². The fraction of sp³-hybridized carbons (Fsp3) is 0.500. The van der Waals surface area contributed by atoms with Gasteiger partial charge in [-0.25, -0.2) is 4.98 Å². The Morgan fingerprint density at radius 2 is 2.05 bits per heavy atom. The minimum absolute atomic E-state index is 0.147. The number of benzene rings is 1. The van der Waals surface area contributed by atoms with Gasteiger partial charge in [0.25, 0.3) is 0 Å². The van der Waals surface area contributed by atoms with Crippen LogP contribution in [-0.4, -0.2) is 79.4 Å². The predicted octanol–water partition coefficient (Wildman–Crippen LogP) is 3.20. The van der Waals surface area contributed by atoms with Crippen LogP contribution in [0.15, 0.2) is 42.6 Å². The number of rotatable bonds is 7. The standard InChI is InChI=1S/C30H37N7O/c1-3-36(29-9-7-24-14-32-12-10-27(24)34-29)18-22-16-35(17-22)19-25-20-37(15-21(2)38-25)28-8-6-23(13-31)30-26(28)5-4-11-33-30/h4-9,11,21-22,25,32H,3,10,12,14-20H2,1-2H3. The molecular weight excluding hydrogens is 474 g/mol. The van der Waals surface area contributed by atoms with Gasteiger partial charge in [-0.05, 0) is 49.7 Å². The first kappa shape index (κ1) is 25.1. The smallest absolute Gasteiger partial charge is 0.128 e. The Morgan fingerprint density at radius 1 is 1.16 bits per heavy atom. The molecule has 0 saturated carbocycles. The van der Waals surface area contributed by atoms with Gasteiger partial charge in [0, 0.05) is 94.2 Å². The number of anilines is 2. The average Bonchev–Trinajstić information content (AvgIpc) is 2.93. The third kappa shape index (κ3) is 5.06. The number of nitrogens with one attached hydrogen (secondary N) is 1. The van der Waals surface area contributed by atoms with Crippen molar-refractivity contribution in [3.63, 3.8) is 0 Å². The number of nitriles is 1. The zero-order valence-electron chi connectivity index (χ0n) is 22.4. The fourth-order valence-corrected chi connectivity index (χ4v) is 6.29. The highest BCUT2D eigenvalue weighted by Gasteiger charge is 2.34. The third-order valence-electron chi connectivity index (χ3n) is 8.12. The molecule has 1 aromatic carbocycles. The molecular formula is C30H37N7O. The van der Waals surface area contributed by atoms with E-state index in [9.17, 15) is 5.26 Å². The molecule has 3 aromatic rings. The van der Waals surface area contributed by atoms with E-state index in [0.717, 1.165) is 87.7 Å². The fourth-order valence-electron chi connectivity index (χ4n) is 6.29. The molecule has 2 atom stereocenters. The lowest BCUT2D eigenvalue weighted by Crippen LogP contribution is -2.57. The number of likely N-dealkylation sites (tertiary alicyclic amines) is 1. The second kappa shape index (κ2) is 10.9. The maximum Gasteiger partial charge on any atom is 0.128 e. The second-order valence-electron chi connectivity index (χ2n) is 10.9. The van der Waals surface area contributed by atoms with Crippen molar-refractivity contribution < 1.29 is 4.74 Å². The number of hydrogen-bond acceptors (Lipinski definition) is 8. The van der Waals surface area contributed by atoms with Crippen molar-refractivity contribution in [1.29, 1.82) is 5.26 Å². The summed E-state index contributed by atoms with van der Waals surface area (Å²) in [4.78, 5) is 16.9. The second-order valence-corrected chi connectivity index (χ2v) is 10.9. The molecule has 0 spiro atoms. The number of pyridine rings is 2. The monoisotopic (exact) mass is 511 g/mol. The quantitative estimate of drug-likeness (QED) is 0.518. The number of aromatic nitrogens is 2. The highest BCUT2D eigenvalue weighted by atomic mass is 16.5. The van der Waals surface area contributed by atoms with Gasteiger partial charge in [0.1, 0.15) is 11.9 Å². The summed E-state index contributed by atoms with van der Waals surface area (Å²) in [5, 5.41) is 14.0. The molecule has 0 radical (unpaired) electrons. The van der Waals surface area contributed by atoms with E-state index in [1.165, 1.54) is 11.3 Å². The molecule has 3 aliphatic heterocycles. The molecule has 8 heteroatoms. The zero-order chi connectivity index (χ0) is 26.1. The number of hydrogen-bond donors (Lipinski definition) is 1. The van der Waals surface area contributed by atoms with Crippen LogP contribution in [0.5, 0.6) is 0 Å². The highest BCUT2D eigenvalue weighted by Crippen LogP contribution is 2.31. The van der Waals surface area contributed by atoms with Crippen LogP contribution in [0.3, 0.4) is 0 Å². The summed E-state index contributed by atoms with van der Waals surface area (Å²) in [6.07, 6.45) is 3.08. The maximum atomic E-state index is 9.52. The summed E-state index contributed by atoms with van der Waals surface area (Å²) in [6, 6.07) is 14.7. The van der Waals surface area contributed by atoms with E-state index in [2.05, 4.69) is 69.2 Å². The topological polar surface area (TPSA) is 80.5 Å². The van der Waals surface area contributed by atoms with Crippen LogP contribution < -0.4 is 15.1 Å². The van der Waals surface area contributed by atoms with Crippen LogP contribution in [0, 0.1) is 17.2 Å². The van der Waals surface area contributed by atoms with E-state index >= 15 is 0 Å². The van der Waals surface area contributed by atoms with Crippen LogP contribution >= 0.6 is 0 Å². The Bertz CT molecular complexity index is 1330. The van der Waals surface area contributed by atoms with Gasteiger partial charge in [0.05, 0.1) is 23.3 Å². The molecule has 6 rings (SSSR count). The van der Waals surface area contributed by atoms with Gasteiger partial charge in [0.2, 0.25) is 0 Å². The number of morpholine rings is 1. The largest absolute Gasteiger partial charge is 0.370 e. The SMILES string of the molecule is CCN(CC1CN(CC2CN(c3ccc(C#N)c4ncccc34)CC(C)O2)C1)c1ccc2c(n1)CCNC2. The molecule has 1 N–H and O–H groups in total. The van der Waals surface area contributed by atoms with Gasteiger partial charge < -0.3 is 19.9 Å². The predicted molar refractivity (Wildman–Crippen MR) is 150 cm³/mol. The van der Waals surface area contributed by atoms with Crippen LogP contribution in [0.25, 0.3) is 10.9 Å². The molecule has 2 saturated heterocycles. The summed E-state index contributed by atoms with van der Waals surface area (Å²) in [6.45, 7) is 13.2. The summed E-state index contributed by atoms with van der Waals surface area (Å²) >= 11 is 0. The van der Waals surface area contributed by atoms with Crippen molar-refractivity contribution in [1.82, 2.24) is 20.2 Å². The average molecular weight is 512 g/mol. The first-order valence-electron chi connectivity index (χ1n) is 14.0. The zero-order valence-corrected chi connectivity index (χ0v) is 22.4. The lowest BCUT2D eigenvalue weighted by Gasteiger charge is -2.46. The normalized spacial score (nSPS) is 22.1. The Hall–Kier alpha value is -3.25. The van der Waals surface area contributed by atoms with Gasteiger partial charge in [-0.2, -0.15) is 5.26 Å². The van der Waals surface area contributed by atoms with E-state index in [4.69, 9.17) is 9.72 Å². The van der Waals surface area contributed by atoms with Gasteiger partial charge in [-0.15, -0.1) is 0 Å². The molecule has 38 heavy (non-hydrogen) atoms. The summed E-state index contributed by atoms with van der Waals surface area (Å²) in [5.74, 6) is 1.77. The van der Waals surface area contributed by atoms with Gasteiger partial charge >= 0.3 is 0 Å². The minimum atomic E-state index is 0.147. The molecule has 3 aliphatic rings. The first-order valence-corrected chi connectivity index (χ1v) is 14.0. The lowest BCUT2D eigenvalue weighted by molar-refractivity contribution is -0.0488. The molecule has 0 aliphatic carbocycles. The highest BCUT2D eigenvalue weighted by molar-refractivity contribution is 5.95. The summed E-state index contributed by atoms with van der Waals surface area (Å²) < 4.78 is 6.38. The van der Waals surface area contributed by atoms with Gasteiger partial charge in [-0.1, -0.05) is 6.07 Å². The van der Waals surface area contributed by atoms with Crippen molar-refractivity contribution in [2.75, 3.05) is 62.2 Å². The molecule has 0 bridgehead atoms. The van der Waals surface area contributed by atoms with E-state index in [0.29, 0.717) is 11.5 Å². The maximum absolute atomic E-state index is 9.52. The lowest BCUT2D eigenvalue weighted by atomic mass is 9.98. The Labute approximate surface area is 225 Å². The van der Waals surface area contributed by atoms with E-state index < -0.39 is 0 Å². The van der Waals surface area contributed by atoms with Crippen LogP contribution in [0.4, 0.5) is 11.5 Å². The van der Waals surface area contributed by atoms with E-state index in [-0.39, 0.29) is 12.2 Å². The van der Waals surface area contributed by atoms with E-state index in [1.54, 1.807) is 6.20 Å². The van der Waals surface area contributed by atoms with Gasteiger partial charge in [0.15, 0.2) is 0 Å². The minimum Gasteiger partial charge on any atom is -0.370 e. The number of ether oxygens (including phenoxy) is 1. The van der Waals surface area contributed by atoms with Crippen molar-refractivity contribution in [2.24, 2.45) is 5.92 Å². The van der Waals surface area contributed by atoms with Gasteiger partial charge in [-0.3, -0.25) is 9.88 Å². The Balaban J connectivity index is 1.07. The summed E-state index contributed by atoms with van der Waals surface area (Å²) in [7, 11) is 0.